The minimum absolute atomic E-state index is 0.142. The van der Waals surface area contributed by atoms with Crippen LogP contribution in [0, 0.1) is 0 Å². The van der Waals surface area contributed by atoms with Gasteiger partial charge in [0.2, 0.25) is 5.76 Å². The first-order valence-electron chi connectivity index (χ1n) is 7.00. The first-order chi connectivity index (χ1) is 11.2. The summed E-state index contributed by atoms with van der Waals surface area (Å²) in [5.41, 5.74) is 1.02. The summed E-state index contributed by atoms with van der Waals surface area (Å²) in [7, 11) is 0. The van der Waals surface area contributed by atoms with Gasteiger partial charge in [0, 0.05) is 17.3 Å². The minimum atomic E-state index is -0.430. The number of thioether (sulfide) groups is 1. The molecule has 5 nitrogen and oxygen atoms in total. The van der Waals surface area contributed by atoms with Gasteiger partial charge in [0.15, 0.2) is 4.80 Å². The third-order valence-electron chi connectivity index (χ3n) is 3.22. The molecule has 1 aromatic heterocycles. The van der Waals surface area contributed by atoms with Gasteiger partial charge in [0.1, 0.15) is 19.5 Å². The van der Waals surface area contributed by atoms with Gasteiger partial charge in [0.25, 0.3) is 0 Å². The van der Waals surface area contributed by atoms with Gasteiger partial charge in [0.05, 0.1) is 10.2 Å². The second kappa shape index (κ2) is 7.42. The lowest BCUT2D eigenvalue weighted by Crippen LogP contribution is -2.20. The van der Waals surface area contributed by atoms with Crippen molar-refractivity contribution in [2.75, 3.05) is 25.2 Å². The Kier molecular flexibility index (Phi) is 5.30. The van der Waals surface area contributed by atoms with E-state index in [0.29, 0.717) is 23.0 Å². The zero-order valence-electron chi connectivity index (χ0n) is 12.5. The van der Waals surface area contributed by atoms with E-state index in [2.05, 4.69) is 4.99 Å². The van der Waals surface area contributed by atoms with Gasteiger partial charge in [-0.1, -0.05) is 22.9 Å². The fourth-order valence-electron chi connectivity index (χ4n) is 2.15. The number of aryl methyl sites for hydroxylation is 1. The average molecular weight is 371 g/mol. The third kappa shape index (κ3) is 3.73. The number of carbonyl (C=O) groups is 1. The largest absolute Gasteiger partial charge is 0.494 e. The maximum absolute atomic E-state index is 12.3. The molecule has 122 valence electrons. The van der Waals surface area contributed by atoms with Crippen molar-refractivity contribution in [3.05, 3.63) is 40.0 Å². The Morgan fingerprint density at radius 1 is 1.48 bits per heavy atom. The highest BCUT2D eigenvalue weighted by Gasteiger charge is 2.15. The molecule has 3 rings (SSSR count). The number of halogens is 1. The molecule has 0 radical (unpaired) electrons. The van der Waals surface area contributed by atoms with Crippen molar-refractivity contribution in [2.45, 2.75) is 6.54 Å². The molecule has 1 aromatic carbocycles. The van der Waals surface area contributed by atoms with Crippen LogP contribution in [0.1, 0.15) is 0 Å². The van der Waals surface area contributed by atoms with Crippen LogP contribution in [0.15, 0.2) is 35.2 Å². The number of hydrogen-bond acceptors (Lipinski definition) is 5. The first kappa shape index (κ1) is 16.4. The van der Waals surface area contributed by atoms with Crippen LogP contribution < -0.4 is 4.80 Å². The number of carbonyl (C=O) groups excluding carboxylic acids is 1. The molecule has 8 heteroatoms. The van der Waals surface area contributed by atoms with Gasteiger partial charge >= 0.3 is 5.91 Å². The van der Waals surface area contributed by atoms with Gasteiger partial charge in [-0.2, -0.15) is 16.8 Å². The normalized spacial score (nSPS) is 15.2. The van der Waals surface area contributed by atoms with Crippen molar-refractivity contribution < 1.29 is 14.3 Å². The molecule has 0 bridgehead atoms. The molecule has 0 fully saturated rings. The molecule has 0 unspecified atom stereocenters. The van der Waals surface area contributed by atoms with E-state index in [1.165, 1.54) is 17.6 Å². The van der Waals surface area contributed by atoms with E-state index in [4.69, 9.17) is 21.1 Å². The third-order valence-corrected chi connectivity index (χ3v) is 5.09. The van der Waals surface area contributed by atoms with Crippen LogP contribution in [-0.2, 0) is 20.8 Å². The standard InChI is InChI=1S/C15H15ClN2O3S2/c1-22-7-4-18-11-3-2-10(16)8-13(11)23-15(18)17-14(19)12-9-20-5-6-21-12/h2-3,8-9H,4-7H2,1H3. The summed E-state index contributed by atoms with van der Waals surface area (Å²) < 4.78 is 13.4. The molecule has 0 saturated heterocycles. The molecule has 0 saturated carbocycles. The summed E-state index contributed by atoms with van der Waals surface area (Å²) in [6.07, 6.45) is 3.37. The lowest BCUT2D eigenvalue weighted by Gasteiger charge is -2.12. The predicted octanol–water partition coefficient (Wildman–Crippen LogP) is 3.03. The number of thiazole rings is 1. The number of ether oxygens (including phenoxy) is 2. The van der Waals surface area contributed by atoms with Crippen LogP contribution in [-0.4, -0.2) is 35.7 Å². The van der Waals surface area contributed by atoms with E-state index in [1.807, 2.05) is 29.0 Å². The number of nitrogens with zero attached hydrogens (tertiary/aromatic N) is 2. The maximum atomic E-state index is 12.3. The molecular weight excluding hydrogens is 356 g/mol. The molecule has 0 spiro atoms. The van der Waals surface area contributed by atoms with Gasteiger partial charge in [-0.05, 0) is 24.5 Å². The molecule has 23 heavy (non-hydrogen) atoms. The predicted molar refractivity (Wildman–Crippen MR) is 93.8 cm³/mol. The van der Waals surface area contributed by atoms with Crippen LogP contribution in [0.25, 0.3) is 10.2 Å². The highest BCUT2D eigenvalue weighted by Crippen LogP contribution is 2.22. The SMILES string of the molecule is CSCCn1c(=NC(=O)C2=COCCO2)sc2cc(Cl)ccc21. The second-order valence-corrected chi connectivity index (χ2v) is 7.19. The highest BCUT2D eigenvalue weighted by molar-refractivity contribution is 7.98. The van der Waals surface area contributed by atoms with Crippen LogP contribution in [0.2, 0.25) is 5.02 Å². The van der Waals surface area contributed by atoms with Crippen molar-refractivity contribution in [3.63, 3.8) is 0 Å². The summed E-state index contributed by atoms with van der Waals surface area (Å²) >= 11 is 9.24. The molecule has 2 aromatic rings. The molecular formula is C15H15ClN2O3S2. The zero-order valence-corrected chi connectivity index (χ0v) is 14.8. The van der Waals surface area contributed by atoms with Crippen LogP contribution in [0.4, 0.5) is 0 Å². The van der Waals surface area contributed by atoms with E-state index in [9.17, 15) is 4.79 Å². The van der Waals surface area contributed by atoms with Crippen LogP contribution in [0.5, 0.6) is 0 Å². The smallest absolute Gasteiger partial charge is 0.317 e. The average Bonchev–Trinajstić information content (AvgIpc) is 2.89. The monoisotopic (exact) mass is 370 g/mol. The van der Waals surface area contributed by atoms with E-state index in [0.717, 1.165) is 22.5 Å². The van der Waals surface area contributed by atoms with Crippen LogP contribution >= 0.6 is 34.7 Å². The number of benzene rings is 1. The first-order valence-corrected chi connectivity index (χ1v) is 9.59. The Hall–Kier alpha value is -1.44. The zero-order chi connectivity index (χ0) is 16.2. The highest BCUT2D eigenvalue weighted by atomic mass is 35.5. The summed E-state index contributed by atoms with van der Waals surface area (Å²) in [4.78, 5) is 17.1. The number of aromatic nitrogens is 1. The summed E-state index contributed by atoms with van der Waals surface area (Å²) in [6, 6.07) is 5.69. The Morgan fingerprint density at radius 2 is 2.35 bits per heavy atom. The Morgan fingerprint density at radius 3 is 3.09 bits per heavy atom. The van der Waals surface area contributed by atoms with E-state index < -0.39 is 5.91 Å². The molecule has 0 N–H and O–H groups in total. The Labute approximate surface area is 146 Å². The van der Waals surface area contributed by atoms with Crippen molar-refractivity contribution in [1.82, 2.24) is 4.57 Å². The van der Waals surface area contributed by atoms with Gasteiger partial charge < -0.3 is 14.0 Å². The molecule has 0 atom stereocenters. The molecule has 0 aliphatic carbocycles. The lowest BCUT2D eigenvalue weighted by atomic mass is 10.3. The molecule has 1 aliphatic heterocycles. The van der Waals surface area contributed by atoms with E-state index in [-0.39, 0.29) is 5.76 Å². The summed E-state index contributed by atoms with van der Waals surface area (Å²) in [5, 5.41) is 0.667. The fourth-order valence-corrected chi connectivity index (χ4v) is 3.85. The quantitative estimate of drug-likeness (QED) is 0.830. The van der Waals surface area contributed by atoms with E-state index >= 15 is 0 Å². The number of hydrogen-bond donors (Lipinski definition) is 0. The van der Waals surface area contributed by atoms with E-state index in [1.54, 1.807) is 11.8 Å². The molecule has 2 heterocycles. The topological polar surface area (TPSA) is 52.8 Å². The van der Waals surface area contributed by atoms with Gasteiger partial charge in [-0.15, -0.1) is 0 Å². The Balaban J connectivity index is 2.05. The number of amides is 1. The van der Waals surface area contributed by atoms with Crippen molar-refractivity contribution >= 4 is 50.8 Å². The summed E-state index contributed by atoms with van der Waals surface area (Å²) in [5.74, 6) is 0.640. The number of rotatable bonds is 4. The van der Waals surface area contributed by atoms with Crippen molar-refractivity contribution in [1.29, 1.82) is 0 Å². The maximum Gasteiger partial charge on any atom is 0.317 e. The van der Waals surface area contributed by atoms with Crippen molar-refractivity contribution in [3.8, 4) is 0 Å². The Bertz CT molecular complexity index is 826. The van der Waals surface area contributed by atoms with Gasteiger partial charge in [-0.25, -0.2) is 0 Å². The lowest BCUT2D eigenvalue weighted by molar-refractivity contribution is -0.119. The molecule has 1 aliphatic rings. The fraction of sp³-hybridized carbons (Fsp3) is 0.333. The number of fused-ring (bicyclic) bond motifs is 1. The summed E-state index contributed by atoms with van der Waals surface area (Å²) in [6.45, 7) is 1.58. The van der Waals surface area contributed by atoms with Gasteiger partial charge in [-0.3, -0.25) is 4.79 Å². The molecule has 1 amide bonds. The van der Waals surface area contributed by atoms with Crippen LogP contribution in [0.3, 0.4) is 0 Å². The second-order valence-electron chi connectivity index (χ2n) is 4.76. The van der Waals surface area contributed by atoms with Crippen molar-refractivity contribution in [2.24, 2.45) is 4.99 Å². The minimum Gasteiger partial charge on any atom is -0.494 e.